The van der Waals surface area contributed by atoms with E-state index in [1.54, 1.807) is 6.20 Å². The van der Waals surface area contributed by atoms with Crippen LogP contribution in [0.2, 0.25) is 5.15 Å². The van der Waals surface area contributed by atoms with E-state index in [0.717, 1.165) is 17.5 Å². The van der Waals surface area contributed by atoms with Crippen LogP contribution in [0.4, 0.5) is 0 Å². The molecule has 14 heavy (non-hydrogen) atoms. The van der Waals surface area contributed by atoms with Crippen molar-refractivity contribution in [3.05, 3.63) is 23.5 Å². The van der Waals surface area contributed by atoms with Crippen molar-refractivity contribution in [3.8, 4) is 0 Å². The molecule has 0 radical (unpaired) electrons. The number of nitrogens with zero attached hydrogens (tertiary/aromatic N) is 3. The number of hydrogen-bond acceptors (Lipinski definition) is 2. The molecule has 0 fully saturated rings. The molecule has 0 spiro atoms. The summed E-state index contributed by atoms with van der Waals surface area (Å²) >= 11 is 6.01. The summed E-state index contributed by atoms with van der Waals surface area (Å²) in [6, 6.07) is 4.15. The maximum Gasteiger partial charge on any atom is 0.160 e. The van der Waals surface area contributed by atoms with E-state index in [-0.39, 0.29) is 0 Å². The highest BCUT2D eigenvalue weighted by Crippen LogP contribution is 2.24. The Morgan fingerprint density at radius 3 is 3.07 bits per heavy atom. The molecule has 1 unspecified atom stereocenters. The SMILES string of the molecule is CCC(C)n1nc(Cl)c2cccnc21. The monoisotopic (exact) mass is 209 g/mol. The Hall–Kier alpha value is -1.09. The van der Waals surface area contributed by atoms with Crippen LogP contribution in [0.3, 0.4) is 0 Å². The van der Waals surface area contributed by atoms with Crippen molar-refractivity contribution in [1.29, 1.82) is 0 Å². The lowest BCUT2D eigenvalue weighted by atomic mass is 10.2. The van der Waals surface area contributed by atoms with Gasteiger partial charge in [-0.3, -0.25) is 0 Å². The highest BCUT2D eigenvalue weighted by atomic mass is 35.5. The highest BCUT2D eigenvalue weighted by Gasteiger charge is 2.12. The van der Waals surface area contributed by atoms with Crippen molar-refractivity contribution >= 4 is 22.6 Å². The molecule has 2 heterocycles. The Bertz CT molecular complexity index is 450. The summed E-state index contributed by atoms with van der Waals surface area (Å²) in [6.45, 7) is 4.23. The van der Waals surface area contributed by atoms with Crippen molar-refractivity contribution in [3.63, 3.8) is 0 Å². The topological polar surface area (TPSA) is 30.7 Å². The molecular weight excluding hydrogens is 198 g/mol. The fraction of sp³-hybridized carbons (Fsp3) is 0.400. The molecule has 2 rings (SSSR count). The molecule has 0 aliphatic rings. The van der Waals surface area contributed by atoms with E-state index in [1.807, 2.05) is 16.8 Å². The summed E-state index contributed by atoms with van der Waals surface area (Å²) in [5, 5.41) is 5.74. The minimum atomic E-state index is 0.333. The van der Waals surface area contributed by atoms with Crippen LogP contribution in [-0.4, -0.2) is 14.8 Å². The van der Waals surface area contributed by atoms with Gasteiger partial charge >= 0.3 is 0 Å². The molecule has 0 saturated carbocycles. The first-order valence-electron chi connectivity index (χ1n) is 4.72. The molecule has 0 aliphatic heterocycles. The summed E-state index contributed by atoms with van der Waals surface area (Å²) < 4.78 is 1.89. The maximum atomic E-state index is 6.01. The van der Waals surface area contributed by atoms with Gasteiger partial charge in [-0.25, -0.2) is 9.67 Å². The third-order valence-electron chi connectivity index (χ3n) is 2.43. The summed E-state index contributed by atoms with van der Waals surface area (Å²) in [4.78, 5) is 4.29. The van der Waals surface area contributed by atoms with E-state index >= 15 is 0 Å². The van der Waals surface area contributed by atoms with E-state index in [9.17, 15) is 0 Å². The van der Waals surface area contributed by atoms with E-state index in [2.05, 4.69) is 23.9 Å². The van der Waals surface area contributed by atoms with Gasteiger partial charge in [-0.1, -0.05) is 18.5 Å². The van der Waals surface area contributed by atoms with Gasteiger partial charge in [0.2, 0.25) is 0 Å². The van der Waals surface area contributed by atoms with Crippen LogP contribution in [0.15, 0.2) is 18.3 Å². The Morgan fingerprint density at radius 2 is 2.36 bits per heavy atom. The number of rotatable bonds is 2. The molecule has 74 valence electrons. The molecule has 0 bridgehead atoms. The normalized spacial score (nSPS) is 13.4. The van der Waals surface area contributed by atoms with Gasteiger partial charge in [-0.15, -0.1) is 0 Å². The number of pyridine rings is 1. The van der Waals surface area contributed by atoms with Crippen LogP contribution in [0, 0.1) is 0 Å². The lowest BCUT2D eigenvalue weighted by molar-refractivity contribution is 0.490. The molecule has 2 aromatic rings. The first-order chi connectivity index (χ1) is 6.74. The zero-order valence-electron chi connectivity index (χ0n) is 8.24. The van der Waals surface area contributed by atoms with Crippen molar-refractivity contribution in [2.24, 2.45) is 0 Å². The predicted octanol–water partition coefficient (Wildman–Crippen LogP) is 3.06. The number of hydrogen-bond donors (Lipinski definition) is 0. The van der Waals surface area contributed by atoms with Gasteiger partial charge in [-0.05, 0) is 25.5 Å². The average Bonchev–Trinajstić information content (AvgIpc) is 2.56. The molecule has 2 aromatic heterocycles. The molecule has 4 heteroatoms. The third kappa shape index (κ3) is 1.38. The minimum absolute atomic E-state index is 0.333. The zero-order valence-corrected chi connectivity index (χ0v) is 8.99. The van der Waals surface area contributed by atoms with Crippen molar-refractivity contribution < 1.29 is 0 Å². The standard InChI is InChI=1S/C10H12ClN3/c1-3-7(2)14-10-8(9(11)13-14)5-4-6-12-10/h4-7H,3H2,1-2H3. The summed E-state index contributed by atoms with van der Waals surface area (Å²) in [5.41, 5.74) is 0.867. The Balaban J connectivity index is 2.66. The summed E-state index contributed by atoms with van der Waals surface area (Å²) in [7, 11) is 0. The number of halogens is 1. The van der Waals surface area contributed by atoms with Crippen LogP contribution < -0.4 is 0 Å². The van der Waals surface area contributed by atoms with Crippen LogP contribution in [0.25, 0.3) is 11.0 Å². The van der Waals surface area contributed by atoms with Gasteiger partial charge < -0.3 is 0 Å². The molecule has 0 aromatic carbocycles. The lowest BCUT2D eigenvalue weighted by Gasteiger charge is -2.08. The van der Waals surface area contributed by atoms with Crippen molar-refractivity contribution in [2.45, 2.75) is 26.3 Å². The van der Waals surface area contributed by atoms with Crippen molar-refractivity contribution in [2.75, 3.05) is 0 Å². The first kappa shape index (κ1) is 9.46. The summed E-state index contributed by atoms with van der Waals surface area (Å²) in [5.74, 6) is 0. The minimum Gasteiger partial charge on any atom is -0.243 e. The second kappa shape index (κ2) is 3.58. The van der Waals surface area contributed by atoms with Crippen LogP contribution in [0.1, 0.15) is 26.3 Å². The fourth-order valence-electron chi connectivity index (χ4n) is 1.42. The van der Waals surface area contributed by atoms with E-state index in [1.165, 1.54) is 0 Å². The molecule has 0 amide bonds. The van der Waals surface area contributed by atoms with Gasteiger partial charge in [0.05, 0.1) is 11.4 Å². The predicted molar refractivity (Wildman–Crippen MR) is 57.5 cm³/mol. The van der Waals surface area contributed by atoms with E-state index < -0.39 is 0 Å². The Kier molecular flexibility index (Phi) is 2.42. The van der Waals surface area contributed by atoms with E-state index in [0.29, 0.717) is 11.2 Å². The van der Waals surface area contributed by atoms with Gasteiger partial charge in [0.15, 0.2) is 10.8 Å². The molecule has 0 N–H and O–H groups in total. The molecule has 0 saturated heterocycles. The first-order valence-corrected chi connectivity index (χ1v) is 5.10. The molecular formula is C10H12ClN3. The van der Waals surface area contributed by atoms with Gasteiger partial charge in [0.25, 0.3) is 0 Å². The summed E-state index contributed by atoms with van der Waals surface area (Å²) in [6.07, 6.45) is 2.78. The smallest absolute Gasteiger partial charge is 0.160 e. The second-order valence-electron chi connectivity index (χ2n) is 3.37. The van der Waals surface area contributed by atoms with Gasteiger partial charge in [-0.2, -0.15) is 5.10 Å². The van der Waals surface area contributed by atoms with Crippen molar-refractivity contribution in [1.82, 2.24) is 14.8 Å². The lowest BCUT2D eigenvalue weighted by Crippen LogP contribution is -2.06. The Labute approximate surface area is 87.7 Å². The number of aromatic nitrogens is 3. The maximum absolute atomic E-state index is 6.01. The zero-order chi connectivity index (χ0) is 10.1. The largest absolute Gasteiger partial charge is 0.243 e. The van der Waals surface area contributed by atoms with Crippen LogP contribution in [-0.2, 0) is 0 Å². The number of fused-ring (bicyclic) bond motifs is 1. The molecule has 3 nitrogen and oxygen atoms in total. The fourth-order valence-corrected chi connectivity index (χ4v) is 1.65. The average molecular weight is 210 g/mol. The molecule has 0 aliphatic carbocycles. The second-order valence-corrected chi connectivity index (χ2v) is 3.73. The molecule has 1 atom stereocenters. The highest BCUT2D eigenvalue weighted by molar-refractivity contribution is 6.34. The van der Waals surface area contributed by atoms with Gasteiger partial charge in [0, 0.05) is 6.20 Å². The quantitative estimate of drug-likeness (QED) is 0.761. The van der Waals surface area contributed by atoms with E-state index in [4.69, 9.17) is 11.6 Å². The van der Waals surface area contributed by atoms with Crippen LogP contribution >= 0.6 is 11.6 Å². The van der Waals surface area contributed by atoms with Gasteiger partial charge in [0.1, 0.15) is 0 Å². The van der Waals surface area contributed by atoms with Crippen LogP contribution in [0.5, 0.6) is 0 Å². The Morgan fingerprint density at radius 1 is 1.57 bits per heavy atom. The third-order valence-corrected chi connectivity index (χ3v) is 2.71.